The Kier molecular flexibility index (Phi) is 4.61. The van der Waals surface area contributed by atoms with Crippen molar-refractivity contribution in [2.75, 3.05) is 5.32 Å². The van der Waals surface area contributed by atoms with Crippen LogP contribution >= 0.6 is 0 Å². The fraction of sp³-hybridized carbons (Fsp3) is 0.421. The molecule has 0 radical (unpaired) electrons. The van der Waals surface area contributed by atoms with Gasteiger partial charge in [-0.15, -0.1) is 0 Å². The quantitative estimate of drug-likeness (QED) is 0.934. The molecule has 2 amide bonds. The molecule has 3 rings (SSSR count). The molecule has 2 unspecified atom stereocenters. The number of hydrogen-bond acceptors (Lipinski definition) is 3. The minimum atomic E-state index is -0.528. The van der Waals surface area contributed by atoms with Crippen LogP contribution in [0.5, 0.6) is 0 Å². The first-order chi connectivity index (χ1) is 11.9. The van der Waals surface area contributed by atoms with Crippen molar-refractivity contribution in [3.05, 3.63) is 47.8 Å². The maximum Gasteiger partial charge on any atom is 0.258 e. The van der Waals surface area contributed by atoms with Gasteiger partial charge in [0.25, 0.3) is 5.91 Å². The second-order valence-corrected chi connectivity index (χ2v) is 6.70. The number of nitrogens with one attached hydrogen (secondary N) is 1. The number of rotatable bonds is 3. The summed E-state index contributed by atoms with van der Waals surface area (Å²) in [5, 5.41) is 7.11. The van der Waals surface area contributed by atoms with Crippen molar-refractivity contribution >= 4 is 17.5 Å². The molecule has 1 aliphatic rings. The van der Waals surface area contributed by atoms with E-state index in [4.69, 9.17) is 0 Å². The highest BCUT2D eigenvalue weighted by atomic mass is 16.2. The smallest absolute Gasteiger partial charge is 0.258 e. The first-order valence-electron chi connectivity index (χ1n) is 8.65. The number of anilines is 1. The summed E-state index contributed by atoms with van der Waals surface area (Å²) in [6.07, 6.45) is 4.05. The molecule has 6 nitrogen and oxygen atoms in total. The van der Waals surface area contributed by atoms with Crippen molar-refractivity contribution in [2.45, 2.75) is 39.3 Å². The summed E-state index contributed by atoms with van der Waals surface area (Å²) in [6, 6.07) is 6.92. The van der Waals surface area contributed by atoms with E-state index in [0.717, 1.165) is 17.7 Å². The number of fused-ring (bicyclic) bond motifs is 1. The number of amides is 2. The summed E-state index contributed by atoms with van der Waals surface area (Å²) in [7, 11) is 1.77. The van der Waals surface area contributed by atoms with E-state index in [1.54, 1.807) is 29.0 Å². The summed E-state index contributed by atoms with van der Waals surface area (Å²) >= 11 is 0. The molecule has 2 aromatic rings. The number of aromatic nitrogens is 2. The van der Waals surface area contributed by atoms with Gasteiger partial charge in [-0.25, -0.2) is 0 Å². The average molecular weight is 340 g/mol. The molecule has 0 saturated heterocycles. The van der Waals surface area contributed by atoms with Crippen LogP contribution in [0.2, 0.25) is 0 Å². The van der Waals surface area contributed by atoms with Crippen LogP contribution in [-0.4, -0.2) is 32.5 Å². The van der Waals surface area contributed by atoms with Gasteiger partial charge in [0.2, 0.25) is 5.91 Å². The van der Waals surface area contributed by atoms with Crippen molar-refractivity contribution < 1.29 is 9.59 Å². The van der Waals surface area contributed by atoms with E-state index in [1.165, 1.54) is 0 Å². The van der Waals surface area contributed by atoms with E-state index in [1.807, 2.05) is 45.0 Å². The Hall–Kier alpha value is -2.63. The van der Waals surface area contributed by atoms with Crippen LogP contribution in [0, 0.1) is 5.92 Å². The Labute approximate surface area is 147 Å². The second kappa shape index (κ2) is 6.70. The molecule has 1 N–H and O–H groups in total. The van der Waals surface area contributed by atoms with Crippen LogP contribution in [0.25, 0.3) is 0 Å². The second-order valence-electron chi connectivity index (χ2n) is 6.70. The molecule has 1 aliphatic heterocycles. The molecule has 0 aliphatic carbocycles. The lowest BCUT2D eigenvalue weighted by Gasteiger charge is -2.36. The molecular weight excluding hydrogens is 316 g/mol. The summed E-state index contributed by atoms with van der Waals surface area (Å²) in [5.41, 5.74) is 2.21. The van der Waals surface area contributed by atoms with Gasteiger partial charge >= 0.3 is 0 Å². The van der Waals surface area contributed by atoms with E-state index >= 15 is 0 Å². The van der Waals surface area contributed by atoms with Crippen molar-refractivity contribution in [3.8, 4) is 0 Å². The van der Waals surface area contributed by atoms with Gasteiger partial charge in [-0.2, -0.15) is 5.10 Å². The van der Waals surface area contributed by atoms with Gasteiger partial charge in [0.15, 0.2) is 0 Å². The molecule has 6 heteroatoms. The van der Waals surface area contributed by atoms with E-state index in [-0.39, 0.29) is 23.8 Å². The third-order valence-corrected chi connectivity index (χ3v) is 5.02. The Balaban J connectivity index is 2.11. The Bertz CT molecular complexity index is 798. The van der Waals surface area contributed by atoms with Crippen molar-refractivity contribution in [2.24, 2.45) is 13.0 Å². The average Bonchev–Trinajstić information content (AvgIpc) is 3.00. The van der Waals surface area contributed by atoms with Crippen LogP contribution in [-0.2, 0) is 11.8 Å². The fourth-order valence-corrected chi connectivity index (χ4v) is 3.44. The maximum absolute atomic E-state index is 13.3. The SMILES string of the molecule is CCC(C)[C@H]1C(=O)Nc2ccccc2C(C)N1C(=O)c1cnn(C)c1. The van der Waals surface area contributed by atoms with Crippen LogP contribution in [0.4, 0.5) is 5.69 Å². The Morgan fingerprint density at radius 3 is 2.72 bits per heavy atom. The standard InChI is InChI=1S/C19H24N4O2/c1-5-12(2)17-18(24)21-16-9-7-6-8-15(16)13(3)23(17)19(25)14-10-20-22(4)11-14/h6-13,17H,5H2,1-4H3,(H,21,24)/t12?,13?,17-/m0/s1. The topological polar surface area (TPSA) is 67.2 Å². The van der Waals surface area contributed by atoms with Gasteiger partial charge in [0.1, 0.15) is 6.04 Å². The Morgan fingerprint density at radius 1 is 1.36 bits per heavy atom. The molecule has 0 saturated carbocycles. The monoisotopic (exact) mass is 340 g/mol. The third kappa shape index (κ3) is 3.04. The number of hydrogen-bond donors (Lipinski definition) is 1. The molecule has 1 aromatic heterocycles. The highest BCUT2D eigenvalue weighted by Gasteiger charge is 2.40. The lowest BCUT2D eigenvalue weighted by Crippen LogP contribution is -2.50. The van der Waals surface area contributed by atoms with Crippen molar-refractivity contribution in [3.63, 3.8) is 0 Å². The van der Waals surface area contributed by atoms with Gasteiger partial charge < -0.3 is 10.2 Å². The van der Waals surface area contributed by atoms with Crippen LogP contribution in [0.3, 0.4) is 0 Å². The fourth-order valence-electron chi connectivity index (χ4n) is 3.44. The van der Waals surface area contributed by atoms with Crippen LogP contribution in [0.15, 0.2) is 36.7 Å². The van der Waals surface area contributed by atoms with Crippen molar-refractivity contribution in [1.82, 2.24) is 14.7 Å². The number of carbonyl (C=O) groups excluding carboxylic acids is 2. The van der Waals surface area contributed by atoms with Gasteiger partial charge in [-0.1, -0.05) is 38.5 Å². The zero-order chi connectivity index (χ0) is 18.1. The molecule has 0 fully saturated rings. The summed E-state index contributed by atoms with van der Waals surface area (Å²) < 4.78 is 1.60. The summed E-state index contributed by atoms with van der Waals surface area (Å²) in [4.78, 5) is 27.9. The largest absolute Gasteiger partial charge is 0.324 e. The number of aryl methyl sites for hydroxylation is 1. The van der Waals surface area contributed by atoms with Gasteiger partial charge in [-0.3, -0.25) is 14.3 Å². The molecule has 0 spiro atoms. The van der Waals surface area contributed by atoms with Crippen molar-refractivity contribution in [1.29, 1.82) is 0 Å². The van der Waals surface area contributed by atoms with E-state index in [2.05, 4.69) is 10.4 Å². The predicted molar refractivity (Wildman–Crippen MR) is 96.1 cm³/mol. The molecule has 3 atom stereocenters. The van der Waals surface area contributed by atoms with Gasteiger partial charge in [0, 0.05) is 18.9 Å². The lowest BCUT2D eigenvalue weighted by molar-refractivity contribution is -0.122. The van der Waals surface area contributed by atoms with E-state index in [0.29, 0.717) is 5.56 Å². The molecular formula is C19H24N4O2. The first kappa shape index (κ1) is 17.2. The van der Waals surface area contributed by atoms with Crippen LogP contribution in [0.1, 0.15) is 49.2 Å². The molecule has 132 valence electrons. The minimum Gasteiger partial charge on any atom is -0.324 e. The number of para-hydroxylation sites is 1. The lowest BCUT2D eigenvalue weighted by atomic mass is 9.94. The highest BCUT2D eigenvalue weighted by Crippen LogP contribution is 2.35. The van der Waals surface area contributed by atoms with Gasteiger partial charge in [-0.05, 0) is 24.5 Å². The number of benzene rings is 1. The predicted octanol–water partition coefficient (Wildman–Crippen LogP) is 2.99. The van der Waals surface area contributed by atoms with E-state index in [9.17, 15) is 9.59 Å². The molecule has 1 aromatic carbocycles. The van der Waals surface area contributed by atoms with Gasteiger partial charge in [0.05, 0.1) is 17.8 Å². The molecule has 25 heavy (non-hydrogen) atoms. The summed E-state index contributed by atoms with van der Waals surface area (Å²) in [6.45, 7) is 6.02. The zero-order valence-electron chi connectivity index (χ0n) is 15.1. The minimum absolute atomic E-state index is 0.0392. The number of nitrogens with zero attached hydrogens (tertiary/aromatic N) is 3. The Morgan fingerprint density at radius 2 is 2.08 bits per heavy atom. The van der Waals surface area contributed by atoms with E-state index < -0.39 is 6.04 Å². The normalized spacial score (nSPS) is 21.3. The summed E-state index contributed by atoms with van der Waals surface area (Å²) in [5.74, 6) is -0.265. The number of carbonyl (C=O) groups is 2. The first-order valence-corrected chi connectivity index (χ1v) is 8.65. The highest BCUT2D eigenvalue weighted by molar-refractivity contribution is 6.02. The molecule has 0 bridgehead atoms. The molecule has 2 heterocycles. The maximum atomic E-state index is 13.3. The third-order valence-electron chi connectivity index (χ3n) is 5.02. The zero-order valence-corrected chi connectivity index (χ0v) is 15.1. The van der Waals surface area contributed by atoms with Crippen LogP contribution < -0.4 is 5.32 Å².